The van der Waals surface area contributed by atoms with Gasteiger partial charge < -0.3 is 10.5 Å². The topological polar surface area (TPSA) is 35.2 Å². The molecule has 16 heavy (non-hydrogen) atoms. The smallest absolute Gasteiger partial charge is 0.0582 e. The number of anilines is 1. The van der Waals surface area contributed by atoms with Crippen LogP contribution >= 0.6 is 11.8 Å². The highest BCUT2D eigenvalue weighted by molar-refractivity contribution is 8.00. The Morgan fingerprint density at radius 1 is 1.25 bits per heavy atom. The summed E-state index contributed by atoms with van der Waals surface area (Å²) in [4.78, 5) is 1.32. The van der Waals surface area contributed by atoms with Crippen molar-refractivity contribution in [2.75, 3.05) is 12.8 Å². The van der Waals surface area contributed by atoms with Gasteiger partial charge in [0, 0.05) is 22.9 Å². The molecule has 2 rings (SSSR count). The maximum Gasteiger partial charge on any atom is 0.0582 e. The van der Waals surface area contributed by atoms with E-state index < -0.39 is 0 Å². The molecule has 0 radical (unpaired) electrons. The summed E-state index contributed by atoms with van der Waals surface area (Å²) in [5, 5.41) is 0.697. The number of ether oxygens (including phenoxy) is 1. The van der Waals surface area contributed by atoms with E-state index in [1.807, 2.05) is 31.0 Å². The summed E-state index contributed by atoms with van der Waals surface area (Å²) in [5.41, 5.74) is 6.51. The largest absolute Gasteiger partial charge is 0.399 e. The summed E-state index contributed by atoms with van der Waals surface area (Å²) in [6.07, 6.45) is 5.43. The molecule has 0 heterocycles. The molecule has 1 aromatic carbocycles. The minimum absolute atomic E-state index is 0.458. The average Bonchev–Trinajstić information content (AvgIpc) is 2.32. The fourth-order valence-electron chi connectivity index (χ4n) is 2.16. The van der Waals surface area contributed by atoms with Crippen molar-refractivity contribution in [2.24, 2.45) is 0 Å². The van der Waals surface area contributed by atoms with Gasteiger partial charge in [0.15, 0.2) is 0 Å². The van der Waals surface area contributed by atoms with Crippen molar-refractivity contribution >= 4 is 17.4 Å². The van der Waals surface area contributed by atoms with E-state index in [9.17, 15) is 0 Å². The highest BCUT2D eigenvalue weighted by Gasteiger charge is 2.22. The first-order valence-corrected chi connectivity index (χ1v) is 6.71. The van der Waals surface area contributed by atoms with Gasteiger partial charge in [0.25, 0.3) is 0 Å². The third-order valence-corrected chi connectivity index (χ3v) is 4.40. The summed E-state index contributed by atoms with van der Waals surface area (Å²) in [5.74, 6) is 0. The van der Waals surface area contributed by atoms with Gasteiger partial charge in [0.2, 0.25) is 0 Å². The standard InChI is InChI=1S/C13H19NOS/c1-15-11-3-2-4-13(9-11)16-12-7-5-10(14)6-8-12/h5-8,11,13H,2-4,9,14H2,1H3. The van der Waals surface area contributed by atoms with Crippen molar-refractivity contribution in [3.63, 3.8) is 0 Å². The lowest BCUT2D eigenvalue weighted by molar-refractivity contribution is 0.0730. The monoisotopic (exact) mass is 237 g/mol. The molecule has 2 unspecified atom stereocenters. The molecular formula is C13H19NOS. The van der Waals surface area contributed by atoms with Gasteiger partial charge >= 0.3 is 0 Å². The van der Waals surface area contributed by atoms with Crippen LogP contribution in [0.2, 0.25) is 0 Å². The van der Waals surface area contributed by atoms with E-state index >= 15 is 0 Å². The van der Waals surface area contributed by atoms with Crippen LogP contribution in [0, 0.1) is 0 Å². The lowest BCUT2D eigenvalue weighted by atomic mass is 9.97. The molecule has 2 nitrogen and oxygen atoms in total. The Hall–Kier alpha value is -0.670. The van der Waals surface area contributed by atoms with Gasteiger partial charge in [0.05, 0.1) is 6.10 Å². The van der Waals surface area contributed by atoms with Crippen LogP contribution in [0.4, 0.5) is 5.69 Å². The van der Waals surface area contributed by atoms with E-state index in [-0.39, 0.29) is 0 Å². The molecule has 0 aliphatic heterocycles. The van der Waals surface area contributed by atoms with Crippen LogP contribution in [0.1, 0.15) is 25.7 Å². The van der Waals surface area contributed by atoms with Gasteiger partial charge in [-0.2, -0.15) is 0 Å². The molecule has 0 bridgehead atoms. The molecule has 1 aromatic rings. The SMILES string of the molecule is COC1CCCC(Sc2ccc(N)cc2)C1. The molecule has 1 fully saturated rings. The second kappa shape index (κ2) is 5.60. The number of benzene rings is 1. The van der Waals surface area contributed by atoms with E-state index in [1.54, 1.807) is 0 Å². The average molecular weight is 237 g/mol. The van der Waals surface area contributed by atoms with Crippen LogP contribution in [0.25, 0.3) is 0 Å². The molecule has 1 saturated carbocycles. The maximum atomic E-state index is 5.67. The van der Waals surface area contributed by atoms with E-state index in [4.69, 9.17) is 10.5 Å². The Morgan fingerprint density at radius 2 is 2.00 bits per heavy atom. The van der Waals surface area contributed by atoms with E-state index in [1.165, 1.54) is 30.6 Å². The highest BCUT2D eigenvalue weighted by Crippen LogP contribution is 2.34. The molecule has 88 valence electrons. The molecule has 1 aliphatic carbocycles. The summed E-state index contributed by atoms with van der Waals surface area (Å²) in [7, 11) is 1.82. The summed E-state index contributed by atoms with van der Waals surface area (Å²) in [6, 6.07) is 8.16. The van der Waals surface area contributed by atoms with Crippen molar-refractivity contribution < 1.29 is 4.74 Å². The molecule has 2 atom stereocenters. The lowest BCUT2D eigenvalue weighted by Crippen LogP contribution is -2.23. The fraction of sp³-hybridized carbons (Fsp3) is 0.538. The zero-order valence-electron chi connectivity index (χ0n) is 9.69. The first-order chi connectivity index (χ1) is 7.78. The van der Waals surface area contributed by atoms with Crippen molar-refractivity contribution in [3.05, 3.63) is 24.3 Å². The Labute approximate surface area is 102 Å². The van der Waals surface area contributed by atoms with Crippen molar-refractivity contribution in [1.29, 1.82) is 0 Å². The summed E-state index contributed by atoms with van der Waals surface area (Å²) >= 11 is 1.96. The molecule has 0 spiro atoms. The third kappa shape index (κ3) is 3.16. The van der Waals surface area contributed by atoms with Crippen molar-refractivity contribution in [2.45, 2.75) is 41.9 Å². The molecule has 0 saturated heterocycles. The zero-order valence-corrected chi connectivity index (χ0v) is 10.5. The number of nitrogen functional groups attached to an aromatic ring is 1. The molecule has 3 heteroatoms. The van der Waals surface area contributed by atoms with Gasteiger partial charge in [0.1, 0.15) is 0 Å². The van der Waals surface area contributed by atoms with Gasteiger partial charge in [-0.15, -0.1) is 11.8 Å². The van der Waals surface area contributed by atoms with Crippen LogP contribution < -0.4 is 5.73 Å². The van der Waals surface area contributed by atoms with Crippen LogP contribution in [-0.4, -0.2) is 18.5 Å². The third-order valence-electron chi connectivity index (χ3n) is 3.09. The summed E-state index contributed by atoms with van der Waals surface area (Å²) < 4.78 is 5.44. The Balaban J connectivity index is 1.91. The van der Waals surface area contributed by atoms with Crippen LogP contribution in [0.5, 0.6) is 0 Å². The molecule has 0 amide bonds. The van der Waals surface area contributed by atoms with Gasteiger partial charge in [-0.1, -0.05) is 0 Å². The minimum Gasteiger partial charge on any atom is -0.399 e. The van der Waals surface area contributed by atoms with Crippen molar-refractivity contribution in [1.82, 2.24) is 0 Å². The molecule has 2 N–H and O–H groups in total. The van der Waals surface area contributed by atoms with E-state index in [2.05, 4.69) is 12.1 Å². The first-order valence-electron chi connectivity index (χ1n) is 5.83. The quantitative estimate of drug-likeness (QED) is 0.819. The zero-order chi connectivity index (χ0) is 11.4. The van der Waals surface area contributed by atoms with Crippen LogP contribution in [0.15, 0.2) is 29.2 Å². The van der Waals surface area contributed by atoms with E-state index in [0.717, 1.165) is 5.69 Å². The maximum absolute atomic E-state index is 5.67. The fourth-order valence-corrected chi connectivity index (χ4v) is 3.44. The van der Waals surface area contributed by atoms with Crippen LogP contribution in [0.3, 0.4) is 0 Å². The molecule has 1 aliphatic rings. The highest BCUT2D eigenvalue weighted by atomic mass is 32.2. The number of thioether (sulfide) groups is 1. The predicted octanol–water partition coefficient (Wildman–Crippen LogP) is 3.32. The van der Waals surface area contributed by atoms with Crippen molar-refractivity contribution in [3.8, 4) is 0 Å². The second-order valence-corrected chi connectivity index (χ2v) is 5.71. The second-order valence-electron chi connectivity index (χ2n) is 4.33. The Morgan fingerprint density at radius 3 is 2.69 bits per heavy atom. The number of nitrogens with two attached hydrogens (primary N) is 1. The lowest BCUT2D eigenvalue weighted by Gasteiger charge is -2.27. The van der Waals surface area contributed by atoms with Gasteiger partial charge in [-0.25, -0.2) is 0 Å². The molecular weight excluding hydrogens is 218 g/mol. The molecule has 0 aromatic heterocycles. The van der Waals surface area contributed by atoms with Gasteiger partial charge in [-0.05, 0) is 49.9 Å². The number of hydrogen-bond donors (Lipinski definition) is 1. The predicted molar refractivity (Wildman–Crippen MR) is 69.8 cm³/mol. The van der Waals surface area contributed by atoms with Gasteiger partial charge in [-0.3, -0.25) is 0 Å². The summed E-state index contributed by atoms with van der Waals surface area (Å²) in [6.45, 7) is 0. The first kappa shape index (κ1) is 11.8. The Kier molecular flexibility index (Phi) is 4.13. The number of hydrogen-bond acceptors (Lipinski definition) is 3. The minimum atomic E-state index is 0.458. The number of rotatable bonds is 3. The van der Waals surface area contributed by atoms with Crippen LogP contribution in [-0.2, 0) is 4.74 Å². The normalized spacial score (nSPS) is 25.6. The Bertz CT molecular complexity index is 325. The number of methoxy groups -OCH3 is 1. The van der Waals surface area contributed by atoms with E-state index in [0.29, 0.717) is 11.4 Å².